The molecule has 3 rings (SSSR count). The number of hydrogen-bond donors (Lipinski definition) is 0. The van der Waals surface area contributed by atoms with Gasteiger partial charge in [0.1, 0.15) is 11.5 Å². The SMILES string of the molecule is COc1ccc(C#Cc2cc(OC)c(OC)cc2C(=O)C(=O)c2ccc(OC)cc2)cc1. The zero-order valence-corrected chi connectivity index (χ0v) is 18.2. The van der Waals surface area contributed by atoms with E-state index in [9.17, 15) is 9.59 Å². The Morgan fingerprint density at radius 1 is 0.625 bits per heavy atom. The maximum absolute atomic E-state index is 13.1. The average Bonchev–Trinajstić information content (AvgIpc) is 2.86. The summed E-state index contributed by atoms with van der Waals surface area (Å²) < 4.78 is 20.9. The molecule has 162 valence electrons. The normalized spacial score (nSPS) is 9.88. The maximum atomic E-state index is 13.1. The Kier molecular flexibility index (Phi) is 7.14. The van der Waals surface area contributed by atoms with Gasteiger partial charge in [0.25, 0.3) is 0 Å². The van der Waals surface area contributed by atoms with Crippen molar-refractivity contribution in [3.05, 3.63) is 82.9 Å². The molecule has 0 bridgehead atoms. The van der Waals surface area contributed by atoms with E-state index in [2.05, 4.69) is 11.8 Å². The smallest absolute Gasteiger partial charge is 0.234 e. The molecule has 0 aliphatic heterocycles. The van der Waals surface area contributed by atoms with Crippen LogP contribution in [0.25, 0.3) is 0 Å². The third-order valence-electron chi connectivity index (χ3n) is 4.76. The van der Waals surface area contributed by atoms with Gasteiger partial charge < -0.3 is 18.9 Å². The molecular formula is C26H22O6. The Hall–Kier alpha value is -4.24. The first-order chi connectivity index (χ1) is 15.5. The third kappa shape index (κ3) is 4.90. The molecule has 32 heavy (non-hydrogen) atoms. The van der Waals surface area contributed by atoms with Gasteiger partial charge in [0.05, 0.1) is 28.4 Å². The van der Waals surface area contributed by atoms with E-state index in [-0.39, 0.29) is 11.1 Å². The van der Waals surface area contributed by atoms with Gasteiger partial charge >= 0.3 is 0 Å². The molecule has 0 amide bonds. The van der Waals surface area contributed by atoms with Gasteiger partial charge in [-0.3, -0.25) is 9.59 Å². The van der Waals surface area contributed by atoms with Crippen molar-refractivity contribution in [2.75, 3.05) is 28.4 Å². The summed E-state index contributed by atoms with van der Waals surface area (Å²) >= 11 is 0. The van der Waals surface area contributed by atoms with Crippen molar-refractivity contribution in [2.24, 2.45) is 0 Å². The molecule has 3 aromatic rings. The number of Topliss-reactive ketones (excluding diaryl/α,β-unsaturated/α-hetero) is 2. The molecule has 0 saturated heterocycles. The van der Waals surface area contributed by atoms with Crippen LogP contribution in [-0.2, 0) is 0 Å². The number of benzene rings is 3. The van der Waals surface area contributed by atoms with Crippen LogP contribution in [0.5, 0.6) is 23.0 Å². The molecule has 0 spiro atoms. The van der Waals surface area contributed by atoms with Crippen LogP contribution in [0.4, 0.5) is 0 Å². The third-order valence-corrected chi connectivity index (χ3v) is 4.76. The molecule has 0 fully saturated rings. The minimum atomic E-state index is -0.699. The van der Waals surface area contributed by atoms with E-state index in [1.54, 1.807) is 61.7 Å². The van der Waals surface area contributed by atoms with Crippen molar-refractivity contribution in [2.45, 2.75) is 0 Å². The van der Waals surface area contributed by atoms with Crippen LogP contribution in [0.15, 0.2) is 60.7 Å². The molecule has 0 N–H and O–H groups in total. The standard InChI is InChI=1S/C26H22O6/c1-29-20-11-6-17(7-12-20)5-8-19-15-23(31-3)24(32-4)16-22(19)26(28)25(27)18-9-13-21(30-2)14-10-18/h6-7,9-16H,1-4H3. The highest BCUT2D eigenvalue weighted by molar-refractivity contribution is 6.49. The summed E-state index contributed by atoms with van der Waals surface area (Å²) in [5.74, 6) is 6.66. The van der Waals surface area contributed by atoms with Crippen molar-refractivity contribution < 1.29 is 28.5 Å². The minimum Gasteiger partial charge on any atom is -0.497 e. The lowest BCUT2D eigenvalue weighted by molar-refractivity contribution is 0.0816. The summed E-state index contributed by atoms with van der Waals surface area (Å²) in [6.07, 6.45) is 0. The lowest BCUT2D eigenvalue weighted by Gasteiger charge is -2.11. The average molecular weight is 430 g/mol. The van der Waals surface area contributed by atoms with Crippen molar-refractivity contribution in [3.63, 3.8) is 0 Å². The first-order valence-corrected chi connectivity index (χ1v) is 9.66. The Bertz CT molecular complexity index is 1180. The van der Waals surface area contributed by atoms with Gasteiger partial charge in [-0.1, -0.05) is 11.8 Å². The quantitative estimate of drug-likeness (QED) is 0.318. The van der Waals surface area contributed by atoms with E-state index < -0.39 is 11.6 Å². The van der Waals surface area contributed by atoms with Crippen molar-refractivity contribution in [1.82, 2.24) is 0 Å². The maximum Gasteiger partial charge on any atom is 0.234 e. The Morgan fingerprint density at radius 2 is 1.16 bits per heavy atom. The second kappa shape index (κ2) is 10.2. The van der Waals surface area contributed by atoms with Crippen LogP contribution >= 0.6 is 0 Å². The number of carbonyl (C=O) groups is 2. The van der Waals surface area contributed by atoms with E-state index >= 15 is 0 Å². The van der Waals surface area contributed by atoms with Crippen molar-refractivity contribution in [1.29, 1.82) is 0 Å². The molecule has 0 heterocycles. The fourth-order valence-corrected chi connectivity index (χ4v) is 2.98. The molecule has 0 radical (unpaired) electrons. The number of hydrogen-bond acceptors (Lipinski definition) is 6. The highest BCUT2D eigenvalue weighted by Gasteiger charge is 2.23. The van der Waals surface area contributed by atoms with E-state index in [1.165, 1.54) is 27.4 Å². The van der Waals surface area contributed by atoms with Crippen LogP contribution in [0, 0.1) is 11.8 Å². The largest absolute Gasteiger partial charge is 0.497 e. The van der Waals surface area contributed by atoms with E-state index in [4.69, 9.17) is 18.9 Å². The number of ketones is 2. The van der Waals surface area contributed by atoms with Gasteiger partial charge in [0.2, 0.25) is 11.6 Å². The van der Waals surface area contributed by atoms with Gasteiger partial charge in [0.15, 0.2) is 11.5 Å². The first-order valence-electron chi connectivity index (χ1n) is 9.66. The van der Waals surface area contributed by atoms with Gasteiger partial charge in [-0.05, 0) is 54.6 Å². The summed E-state index contributed by atoms with van der Waals surface area (Å²) in [5, 5.41) is 0. The Balaban J connectivity index is 2.03. The van der Waals surface area contributed by atoms with E-state index in [1.807, 2.05) is 0 Å². The van der Waals surface area contributed by atoms with Crippen molar-refractivity contribution in [3.8, 4) is 34.8 Å². The number of methoxy groups -OCH3 is 4. The molecule has 0 aromatic heterocycles. The summed E-state index contributed by atoms with van der Waals surface area (Å²) in [6, 6.07) is 16.6. The molecule has 0 unspecified atom stereocenters. The van der Waals surface area contributed by atoms with Gasteiger partial charge in [-0.25, -0.2) is 0 Å². The molecule has 3 aromatic carbocycles. The van der Waals surface area contributed by atoms with Crippen LogP contribution in [0.1, 0.15) is 31.8 Å². The van der Waals surface area contributed by atoms with E-state index in [0.717, 1.165) is 5.56 Å². The first kappa shape index (κ1) is 22.4. The number of carbonyl (C=O) groups excluding carboxylic acids is 2. The van der Waals surface area contributed by atoms with Crippen LogP contribution in [0.3, 0.4) is 0 Å². The summed E-state index contributed by atoms with van der Waals surface area (Å²) in [6.45, 7) is 0. The van der Waals surface area contributed by atoms with Gasteiger partial charge in [-0.2, -0.15) is 0 Å². The minimum absolute atomic E-state index is 0.129. The van der Waals surface area contributed by atoms with Gasteiger partial charge in [0, 0.05) is 28.3 Å². The molecule has 0 aliphatic carbocycles. The van der Waals surface area contributed by atoms with Gasteiger partial charge in [-0.15, -0.1) is 0 Å². The zero-order chi connectivity index (χ0) is 23.1. The summed E-state index contributed by atoms with van der Waals surface area (Å²) in [4.78, 5) is 26.0. The monoisotopic (exact) mass is 430 g/mol. The fraction of sp³-hybridized carbons (Fsp3) is 0.154. The zero-order valence-electron chi connectivity index (χ0n) is 18.2. The Labute approximate surface area is 186 Å². The predicted octanol–water partition coefficient (Wildman–Crippen LogP) is 4.19. The predicted molar refractivity (Wildman–Crippen MR) is 120 cm³/mol. The van der Waals surface area contributed by atoms with Crippen LogP contribution < -0.4 is 18.9 Å². The highest BCUT2D eigenvalue weighted by Crippen LogP contribution is 2.31. The van der Waals surface area contributed by atoms with Crippen LogP contribution in [-0.4, -0.2) is 40.0 Å². The molecule has 6 nitrogen and oxygen atoms in total. The second-order valence-electron chi connectivity index (χ2n) is 6.62. The van der Waals surface area contributed by atoms with Crippen LogP contribution in [0.2, 0.25) is 0 Å². The number of ether oxygens (including phenoxy) is 4. The lowest BCUT2D eigenvalue weighted by atomic mass is 9.96. The highest BCUT2D eigenvalue weighted by atomic mass is 16.5. The molecule has 0 atom stereocenters. The topological polar surface area (TPSA) is 71.1 Å². The Morgan fingerprint density at radius 3 is 1.69 bits per heavy atom. The molecule has 0 saturated carbocycles. The lowest BCUT2D eigenvalue weighted by Crippen LogP contribution is -2.16. The number of rotatable bonds is 7. The molecule has 0 aliphatic rings. The summed E-state index contributed by atoms with van der Waals surface area (Å²) in [7, 11) is 6.06. The molecule has 6 heteroatoms. The summed E-state index contributed by atoms with van der Waals surface area (Å²) in [5.41, 5.74) is 1.45. The second-order valence-corrected chi connectivity index (χ2v) is 6.62. The van der Waals surface area contributed by atoms with Crippen molar-refractivity contribution >= 4 is 11.6 Å². The fourth-order valence-electron chi connectivity index (χ4n) is 2.98. The van der Waals surface area contributed by atoms with E-state index in [0.29, 0.717) is 28.6 Å². The molecular weight excluding hydrogens is 408 g/mol.